The van der Waals surface area contributed by atoms with Crippen molar-refractivity contribution < 1.29 is 4.79 Å². The van der Waals surface area contributed by atoms with Gasteiger partial charge in [0.15, 0.2) is 0 Å². The molecule has 0 fully saturated rings. The lowest BCUT2D eigenvalue weighted by atomic mass is 9.95. The van der Waals surface area contributed by atoms with Crippen molar-refractivity contribution in [3.8, 4) is 0 Å². The lowest BCUT2D eigenvalue weighted by molar-refractivity contribution is -0.116. The molecule has 0 bridgehead atoms. The third-order valence-corrected chi connectivity index (χ3v) is 4.71. The first kappa shape index (κ1) is 13.2. The summed E-state index contributed by atoms with van der Waals surface area (Å²) in [6.45, 7) is 4.24. The van der Waals surface area contributed by atoms with Crippen molar-refractivity contribution in [1.29, 1.82) is 0 Å². The third kappa shape index (κ3) is 2.04. The summed E-state index contributed by atoms with van der Waals surface area (Å²) in [5.74, 6) is 0.361. The smallest absolute Gasteiger partial charge is 0.223 e. The second-order valence-electron chi connectivity index (χ2n) is 5.42. The zero-order valence-corrected chi connectivity index (χ0v) is 12.6. The number of likely N-dealkylation sites (N-methyl/N-ethyl adjacent to an activating group) is 1. The van der Waals surface area contributed by atoms with Crippen molar-refractivity contribution in [2.24, 2.45) is 0 Å². The molecule has 5 heteroatoms. The first-order chi connectivity index (χ1) is 8.99. The number of amides is 1. The first-order valence-electron chi connectivity index (χ1n) is 6.46. The van der Waals surface area contributed by atoms with E-state index in [2.05, 4.69) is 11.9 Å². The summed E-state index contributed by atoms with van der Waals surface area (Å²) in [4.78, 5) is 15.9. The van der Waals surface area contributed by atoms with Gasteiger partial charge in [0, 0.05) is 37.5 Å². The first-order valence-corrected chi connectivity index (χ1v) is 7.22. The van der Waals surface area contributed by atoms with Gasteiger partial charge in [-0.15, -0.1) is 0 Å². The summed E-state index contributed by atoms with van der Waals surface area (Å²) < 4.78 is 0. The van der Waals surface area contributed by atoms with Crippen LogP contribution in [0.5, 0.6) is 0 Å². The van der Waals surface area contributed by atoms with E-state index in [1.54, 1.807) is 17.9 Å². The third-order valence-electron chi connectivity index (χ3n) is 4.09. The van der Waals surface area contributed by atoms with Crippen molar-refractivity contribution >= 4 is 34.8 Å². The number of hydrogen-bond acceptors (Lipinski definition) is 2. The fourth-order valence-corrected chi connectivity index (χ4v) is 3.92. The molecule has 2 aliphatic rings. The fourth-order valence-electron chi connectivity index (χ4n) is 3.24. The van der Waals surface area contributed by atoms with Crippen molar-refractivity contribution in [3.63, 3.8) is 0 Å². The van der Waals surface area contributed by atoms with E-state index in [4.69, 9.17) is 23.2 Å². The van der Waals surface area contributed by atoms with Gasteiger partial charge in [-0.2, -0.15) is 0 Å². The molecule has 2 aliphatic heterocycles. The Morgan fingerprint density at radius 2 is 2.05 bits per heavy atom. The molecule has 2 heterocycles. The van der Waals surface area contributed by atoms with Gasteiger partial charge in [-0.1, -0.05) is 23.2 Å². The van der Waals surface area contributed by atoms with E-state index < -0.39 is 0 Å². The van der Waals surface area contributed by atoms with E-state index in [-0.39, 0.29) is 5.91 Å². The minimum Gasteiger partial charge on any atom is -0.310 e. The Kier molecular flexibility index (Phi) is 3.24. The Bertz CT molecular complexity index is 559. The Labute approximate surface area is 123 Å². The summed E-state index contributed by atoms with van der Waals surface area (Å²) in [6, 6.07) is 1.78. The van der Waals surface area contributed by atoms with Crippen molar-refractivity contribution in [1.82, 2.24) is 4.90 Å². The number of carbonyl (C=O) groups excluding carboxylic acids is 1. The summed E-state index contributed by atoms with van der Waals surface area (Å²) in [5.41, 5.74) is 3.24. The van der Waals surface area contributed by atoms with E-state index in [0.29, 0.717) is 17.5 Å². The molecule has 0 aromatic heterocycles. The van der Waals surface area contributed by atoms with Gasteiger partial charge in [0.1, 0.15) is 0 Å². The molecule has 1 aromatic carbocycles. The van der Waals surface area contributed by atoms with Crippen LogP contribution in [0.15, 0.2) is 6.07 Å². The van der Waals surface area contributed by atoms with Gasteiger partial charge in [0.2, 0.25) is 5.91 Å². The van der Waals surface area contributed by atoms with Gasteiger partial charge >= 0.3 is 0 Å². The summed E-state index contributed by atoms with van der Waals surface area (Å²) in [5, 5.41) is 1.32. The number of anilines is 1. The van der Waals surface area contributed by atoms with E-state index in [9.17, 15) is 4.79 Å². The largest absolute Gasteiger partial charge is 0.310 e. The van der Waals surface area contributed by atoms with Crippen LogP contribution in [-0.4, -0.2) is 37.5 Å². The van der Waals surface area contributed by atoms with Crippen LogP contribution >= 0.6 is 23.2 Å². The monoisotopic (exact) mass is 298 g/mol. The quantitative estimate of drug-likeness (QED) is 0.735. The molecular formula is C14H16Cl2N2O. The number of halogens is 2. The van der Waals surface area contributed by atoms with Crippen LogP contribution in [0.2, 0.25) is 10.0 Å². The van der Waals surface area contributed by atoms with Gasteiger partial charge < -0.3 is 9.80 Å². The van der Waals surface area contributed by atoms with E-state index in [1.165, 1.54) is 11.1 Å². The lowest BCUT2D eigenvalue weighted by Crippen LogP contribution is -2.31. The van der Waals surface area contributed by atoms with E-state index >= 15 is 0 Å². The van der Waals surface area contributed by atoms with Gasteiger partial charge in [0.25, 0.3) is 0 Å². The number of nitrogens with zero attached hydrogens (tertiary/aromatic N) is 2. The van der Waals surface area contributed by atoms with Gasteiger partial charge in [0.05, 0.1) is 10.7 Å². The highest BCUT2D eigenvalue weighted by Gasteiger charge is 2.37. The highest BCUT2D eigenvalue weighted by Crippen LogP contribution is 2.47. The Balaban J connectivity index is 2.22. The highest BCUT2D eigenvalue weighted by atomic mass is 35.5. The van der Waals surface area contributed by atoms with Crippen LogP contribution in [0.3, 0.4) is 0 Å². The molecule has 19 heavy (non-hydrogen) atoms. The van der Waals surface area contributed by atoms with Gasteiger partial charge in [-0.3, -0.25) is 4.79 Å². The van der Waals surface area contributed by atoms with Crippen LogP contribution in [0.1, 0.15) is 24.0 Å². The number of carbonyl (C=O) groups is 1. The minimum atomic E-state index is 0.0437. The molecule has 1 unspecified atom stereocenters. The lowest BCUT2D eigenvalue weighted by Gasteiger charge is -2.20. The number of benzene rings is 1. The van der Waals surface area contributed by atoms with Crippen LogP contribution in [0.25, 0.3) is 0 Å². The molecule has 0 radical (unpaired) electrons. The molecule has 0 saturated heterocycles. The maximum absolute atomic E-state index is 11.8. The van der Waals surface area contributed by atoms with Crippen LogP contribution in [-0.2, 0) is 11.2 Å². The molecule has 102 valence electrons. The maximum Gasteiger partial charge on any atom is 0.223 e. The number of rotatable bonds is 0. The van der Waals surface area contributed by atoms with E-state index in [1.807, 2.05) is 0 Å². The second-order valence-corrected chi connectivity index (χ2v) is 6.23. The fraction of sp³-hybridized carbons (Fsp3) is 0.500. The summed E-state index contributed by atoms with van der Waals surface area (Å²) >= 11 is 12.7. The Hall–Kier alpha value is -0.770. The minimum absolute atomic E-state index is 0.0437. The zero-order valence-electron chi connectivity index (χ0n) is 11.0. The normalized spacial score (nSPS) is 22.3. The van der Waals surface area contributed by atoms with Crippen molar-refractivity contribution in [3.05, 3.63) is 27.2 Å². The molecule has 1 aromatic rings. The molecule has 0 aliphatic carbocycles. The van der Waals surface area contributed by atoms with Crippen LogP contribution in [0.4, 0.5) is 5.69 Å². The van der Waals surface area contributed by atoms with Crippen LogP contribution < -0.4 is 4.90 Å². The molecule has 3 rings (SSSR count). The maximum atomic E-state index is 11.8. The predicted molar refractivity (Wildman–Crippen MR) is 78.4 cm³/mol. The summed E-state index contributed by atoms with van der Waals surface area (Å²) in [7, 11) is 2.11. The molecule has 0 saturated carbocycles. The Morgan fingerprint density at radius 1 is 1.32 bits per heavy atom. The zero-order chi connectivity index (χ0) is 13.7. The molecule has 0 N–H and O–H groups in total. The highest BCUT2D eigenvalue weighted by molar-refractivity contribution is 6.37. The average Bonchev–Trinajstić information content (AvgIpc) is 2.61. The molecule has 3 nitrogen and oxygen atoms in total. The predicted octanol–water partition coefficient (Wildman–Crippen LogP) is 2.93. The molecular weight excluding hydrogens is 283 g/mol. The van der Waals surface area contributed by atoms with E-state index in [0.717, 1.165) is 30.2 Å². The van der Waals surface area contributed by atoms with Gasteiger partial charge in [-0.05, 0) is 30.7 Å². The second kappa shape index (κ2) is 4.65. The topological polar surface area (TPSA) is 23.6 Å². The summed E-state index contributed by atoms with van der Waals surface area (Å²) in [6.07, 6.45) is 0.914. The SMILES string of the molecule is CC(=O)N1CC2CN(C)CCc3c(Cl)cc(Cl)c1c32. The molecule has 0 spiro atoms. The van der Waals surface area contributed by atoms with Crippen LogP contribution in [0, 0.1) is 0 Å². The van der Waals surface area contributed by atoms with Crippen molar-refractivity contribution in [2.45, 2.75) is 19.3 Å². The van der Waals surface area contributed by atoms with Crippen molar-refractivity contribution in [2.75, 3.05) is 31.6 Å². The Morgan fingerprint density at radius 3 is 2.74 bits per heavy atom. The average molecular weight is 299 g/mol. The molecule has 1 amide bonds. The molecule has 1 atom stereocenters. The number of hydrogen-bond donors (Lipinski definition) is 0. The van der Waals surface area contributed by atoms with Gasteiger partial charge in [-0.25, -0.2) is 0 Å². The standard InChI is InChI=1S/C14H16Cl2N2O/c1-8(19)18-7-9-6-17(2)4-3-10-11(15)5-12(16)14(18)13(9)10/h5,9H,3-4,6-7H2,1-2H3.